The Balaban J connectivity index is 2.58. The Labute approximate surface area is 103 Å². The van der Waals surface area contributed by atoms with E-state index in [4.69, 9.17) is 11.6 Å². The van der Waals surface area contributed by atoms with Gasteiger partial charge in [-0.25, -0.2) is 0 Å². The van der Waals surface area contributed by atoms with E-state index in [9.17, 15) is 10.1 Å². The number of aryl methyl sites for hydroxylation is 1. The van der Waals surface area contributed by atoms with Crippen molar-refractivity contribution in [2.75, 3.05) is 0 Å². The van der Waals surface area contributed by atoms with Crippen LogP contribution in [0.4, 0.5) is 5.69 Å². The molecule has 0 atom stereocenters. The second-order valence-electron chi connectivity index (χ2n) is 3.59. The molecule has 1 aromatic heterocycles. The lowest BCUT2D eigenvalue weighted by molar-refractivity contribution is -0.385. The molecule has 0 saturated carbocycles. The van der Waals surface area contributed by atoms with Crippen LogP contribution in [0.1, 0.15) is 5.69 Å². The fourth-order valence-corrected chi connectivity index (χ4v) is 1.76. The largest absolute Gasteiger partial charge is 0.288 e. The molecule has 0 N–H and O–H groups in total. The molecule has 1 heterocycles. The summed E-state index contributed by atoms with van der Waals surface area (Å²) in [5.41, 5.74) is 2.26. The lowest BCUT2D eigenvalue weighted by atomic mass is 10.0. The van der Waals surface area contributed by atoms with Crippen LogP contribution in [0.25, 0.3) is 11.1 Å². The summed E-state index contributed by atoms with van der Waals surface area (Å²) >= 11 is 5.90. The molecule has 0 bridgehead atoms. The van der Waals surface area contributed by atoms with Gasteiger partial charge in [-0.05, 0) is 24.6 Å². The normalized spacial score (nSPS) is 10.2. The van der Waals surface area contributed by atoms with Crippen LogP contribution >= 0.6 is 11.6 Å². The van der Waals surface area contributed by atoms with E-state index >= 15 is 0 Å². The maximum Gasteiger partial charge on any atom is 0.288 e. The van der Waals surface area contributed by atoms with Gasteiger partial charge in [0, 0.05) is 22.3 Å². The maximum atomic E-state index is 10.7. The lowest BCUT2D eigenvalue weighted by Crippen LogP contribution is -1.93. The van der Waals surface area contributed by atoms with Crippen LogP contribution in [-0.2, 0) is 0 Å². The molecule has 2 rings (SSSR count). The average molecular weight is 249 g/mol. The molecule has 2 aromatic rings. The number of hydrogen-bond donors (Lipinski definition) is 0. The van der Waals surface area contributed by atoms with Crippen molar-refractivity contribution in [3.8, 4) is 11.1 Å². The van der Waals surface area contributed by atoms with Crippen LogP contribution < -0.4 is 0 Å². The highest BCUT2D eigenvalue weighted by Gasteiger charge is 2.11. The number of halogens is 1. The first kappa shape index (κ1) is 11.5. The molecule has 0 saturated heterocycles. The van der Waals surface area contributed by atoms with E-state index in [0.717, 1.165) is 16.8 Å². The predicted molar refractivity (Wildman–Crippen MR) is 66.1 cm³/mol. The summed E-state index contributed by atoms with van der Waals surface area (Å²) in [6.45, 7) is 1.81. The Morgan fingerprint density at radius 3 is 2.76 bits per heavy atom. The molecule has 0 aliphatic carbocycles. The SMILES string of the molecule is Cc1ncc([N+](=O)[O-])cc1-c1cccc(Cl)c1. The standard InChI is InChI=1S/C12H9ClN2O2/c1-8-12(6-11(7-14-8)15(16)17)9-3-2-4-10(13)5-9/h2-7H,1H3. The molecule has 0 unspecified atom stereocenters. The third-order valence-corrected chi connectivity index (χ3v) is 2.65. The Kier molecular flexibility index (Phi) is 3.06. The summed E-state index contributed by atoms with van der Waals surface area (Å²) in [6, 6.07) is 8.67. The second-order valence-corrected chi connectivity index (χ2v) is 4.03. The van der Waals surface area contributed by atoms with E-state index in [0.29, 0.717) is 5.02 Å². The zero-order valence-electron chi connectivity index (χ0n) is 9.05. The quantitative estimate of drug-likeness (QED) is 0.602. The van der Waals surface area contributed by atoms with E-state index in [1.54, 1.807) is 25.1 Å². The van der Waals surface area contributed by atoms with Crippen molar-refractivity contribution in [2.45, 2.75) is 6.92 Å². The molecule has 17 heavy (non-hydrogen) atoms. The van der Waals surface area contributed by atoms with Gasteiger partial charge in [-0.2, -0.15) is 0 Å². The summed E-state index contributed by atoms with van der Waals surface area (Å²) < 4.78 is 0. The zero-order valence-corrected chi connectivity index (χ0v) is 9.81. The minimum atomic E-state index is -0.458. The van der Waals surface area contributed by atoms with Gasteiger partial charge in [-0.3, -0.25) is 15.1 Å². The van der Waals surface area contributed by atoms with Crippen molar-refractivity contribution in [2.24, 2.45) is 0 Å². The van der Waals surface area contributed by atoms with Crippen molar-refractivity contribution in [1.82, 2.24) is 4.98 Å². The van der Waals surface area contributed by atoms with E-state index in [2.05, 4.69) is 4.98 Å². The first-order chi connectivity index (χ1) is 8.08. The van der Waals surface area contributed by atoms with Gasteiger partial charge in [0.1, 0.15) is 6.20 Å². The van der Waals surface area contributed by atoms with Gasteiger partial charge in [0.05, 0.1) is 4.92 Å². The molecule has 0 radical (unpaired) electrons. The van der Waals surface area contributed by atoms with E-state index in [1.807, 2.05) is 6.07 Å². The molecular formula is C12H9ClN2O2. The molecular weight excluding hydrogens is 240 g/mol. The van der Waals surface area contributed by atoms with Crippen molar-refractivity contribution in [3.63, 3.8) is 0 Å². The Hall–Kier alpha value is -1.94. The number of hydrogen-bond acceptors (Lipinski definition) is 3. The van der Waals surface area contributed by atoms with Crippen molar-refractivity contribution in [1.29, 1.82) is 0 Å². The third-order valence-electron chi connectivity index (χ3n) is 2.42. The molecule has 0 amide bonds. The predicted octanol–water partition coefficient (Wildman–Crippen LogP) is 3.62. The lowest BCUT2D eigenvalue weighted by Gasteiger charge is -2.05. The van der Waals surface area contributed by atoms with Crippen LogP contribution in [0.3, 0.4) is 0 Å². The Bertz CT molecular complexity index is 584. The minimum absolute atomic E-state index is 0.0226. The summed E-state index contributed by atoms with van der Waals surface area (Å²) in [4.78, 5) is 14.3. The van der Waals surface area contributed by atoms with E-state index in [1.165, 1.54) is 12.3 Å². The second kappa shape index (κ2) is 4.51. The van der Waals surface area contributed by atoms with Gasteiger partial charge in [0.25, 0.3) is 5.69 Å². The summed E-state index contributed by atoms with van der Waals surface area (Å²) in [7, 11) is 0. The Morgan fingerprint density at radius 1 is 1.35 bits per heavy atom. The molecule has 4 nitrogen and oxygen atoms in total. The van der Waals surface area contributed by atoms with Crippen molar-refractivity contribution in [3.05, 3.63) is 57.4 Å². The smallest absolute Gasteiger partial charge is 0.258 e. The fraction of sp³-hybridized carbons (Fsp3) is 0.0833. The first-order valence-corrected chi connectivity index (χ1v) is 5.32. The highest BCUT2D eigenvalue weighted by atomic mass is 35.5. The molecule has 0 aliphatic heterocycles. The van der Waals surface area contributed by atoms with E-state index in [-0.39, 0.29) is 5.69 Å². The van der Waals surface area contributed by atoms with Gasteiger partial charge in [-0.1, -0.05) is 23.7 Å². The fourth-order valence-electron chi connectivity index (χ4n) is 1.57. The van der Waals surface area contributed by atoms with Crippen LogP contribution in [-0.4, -0.2) is 9.91 Å². The van der Waals surface area contributed by atoms with Gasteiger partial charge in [0.2, 0.25) is 0 Å². The third kappa shape index (κ3) is 2.42. The molecule has 86 valence electrons. The summed E-state index contributed by atoms with van der Waals surface area (Å²) in [5, 5.41) is 11.3. The topological polar surface area (TPSA) is 56.0 Å². The van der Waals surface area contributed by atoms with Gasteiger partial charge in [-0.15, -0.1) is 0 Å². The molecule has 5 heteroatoms. The number of rotatable bonds is 2. The van der Waals surface area contributed by atoms with Crippen LogP contribution in [0.15, 0.2) is 36.5 Å². The van der Waals surface area contributed by atoms with Gasteiger partial charge in [0.15, 0.2) is 0 Å². The van der Waals surface area contributed by atoms with E-state index < -0.39 is 4.92 Å². The zero-order chi connectivity index (χ0) is 12.4. The highest BCUT2D eigenvalue weighted by molar-refractivity contribution is 6.30. The summed E-state index contributed by atoms with van der Waals surface area (Å²) in [5.74, 6) is 0. The van der Waals surface area contributed by atoms with Crippen molar-refractivity contribution >= 4 is 17.3 Å². The molecule has 0 fully saturated rings. The number of pyridine rings is 1. The van der Waals surface area contributed by atoms with Gasteiger partial charge >= 0.3 is 0 Å². The monoisotopic (exact) mass is 248 g/mol. The number of nitro groups is 1. The number of benzene rings is 1. The Morgan fingerprint density at radius 2 is 2.12 bits per heavy atom. The van der Waals surface area contributed by atoms with Gasteiger partial charge < -0.3 is 0 Å². The first-order valence-electron chi connectivity index (χ1n) is 4.95. The summed E-state index contributed by atoms with van der Waals surface area (Å²) in [6.07, 6.45) is 1.25. The van der Waals surface area contributed by atoms with Crippen molar-refractivity contribution < 1.29 is 4.92 Å². The average Bonchev–Trinajstić information content (AvgIpc) is 2.29. The van der Waals surface area contributed by atoms with Crippen LogP contribution in [0.2, 0.25) is 5.02 Å². The minimum Gasteiger partial charge on any atom is -0.258 e. The van der Waals surface area contributed by atoms with Crippen LogP contribution in [0, 0.1) is 17.0 Å². The maximum absolute atomic E-state index is 10.7. The number of aromatic nitrogens is 1. The molecule has 1 aromatic carbocycles. The van der Waals surface area contributed by atoms with Crippen LogP contribution in [0.5, 0.6) is 0 Å². The highest BCUT2D eigenvalue weighted by Crippen LogP contribution is 2.27. The molecule has 0 aliphatic rings. The molecule has 0 spiro atoms. The number of nitrogens with zero attached hydrogens (tertiary/aromatic N) is 2.